The standard InChI is InChI=1S/C14H14FN3O/c15-11-7-9(16)5-6-13(11)19-14-10-3-1-2-4-12(10)17-8-18-14/h5-8H,1-4,16H2. The Morgan fingerprint density at radius 1 is 1.16 bits per heavy atom. The molecule has 0 aliphatic heterocycles. The van der Waals surface area contributed by atoms with E-state index in [1.54, 1.807) is 6.07 Å². The smallest absolute Gasteiger partial charge is 0.225 e. The van der Waals surface area contributed by atoms with Crippen LogP contribution in [0.1, 0.15) is 24.1 Å². The average molecular weight is 259 g/mol. The lowest BCUT2D eigenvalue weighted by Crippen LogP contribution is -2.08. The second-order valence-corrected chi connectivity index (χ2v) is 4.60. The van der Waals surface area contributed by atoms with Crippen LogP contribution in [0.25, 0.3) is 0 Å². The highest BCUT2D eigenvalue weighted by atomic mass is 19.1. The van der Waals surface area contributed by atoms with Crippen molar-refractivity contribution in [3.05, 3.63) is 41.6 Å². The quantitative estimate of drug-likeness (QED) is 0.842. The number of fused-ring (bicyclic) bond motifs is 1. The topological polar surface area (TPSA) is 61.0 Å². The Bertz CT molecular complexity index is 616. The fourth-order valence-corrected chi connectivity index (χ4v) is 2.28. The Morgan fingerprint density at radius 3 is 2.84 bits per heavy atom. The van der Waals surface area contributed by atoms with Crippen LogP contribution in [0.4, 0.5) is 10.1 Å². The molecule has 3 rings (SSSR count). The number of nitrogens with zero attached hydrogens (tertiary/aromatic N) is 2. The van der Waals surface area contributed by atoms with E-state index in [4.69, 9.17) is 10.5 Å². The van der Waals surface area contributed by atoms with Gasteiger partial charge in [-0.1, -0.05) is 0 Å². The molecule has 2 N–H and O–H groups in total. The van der Waals surface area contributed by atoms with E-state index in [1.807, 2.05) is 0 Å². The fraction of sp³-hybridized carbons (Fsp3) is 0.286. The van der Waals surface area contributed by atoms with Gasteiger partial charge in [0.15, 0.2) is 11.6 Å². The molecule has 0 fully saturated rings. The van der Waals surface area contributed by atoms with Crippen molar-refractivity contribution in [1.82, 2.24) is 9.97 Å². The van der Waals surface area contributed by atoms with Crippen molar-refractivity contribution in [2.45, 2.75) is 25.7 Å². The van der Waals surface area contributed by atoms with Gasteiger partial charge in [0.25, 0.3) is 0 Å². The summed E-state index contributed by atoms with van der Waals surface area (Å²) in [5, 5.41) is 0. The number of hydrogen-bond acceptors (Lipinski definition) is 4. The third-order valence-corrected chi connectivity index (χ3v) is 3.25. The number of aryl methyl sites for hydroxylation is 1. The van der Waals surface area contributed by atoms with Crippen molar-refractivity contribution in [3.8, 4) is 11.6 Å². The highest BCUT2D eigenvalue weighted by Crippen LogP contribution is 2.31. The molecule has 0 unspecified atom stereocenters. The number of nitrogens with two attached hydrogens (primary N) is 1. The summed E-state index contributed by atoms with van der Waals surface area (Å²) < 4.78 is 19.3. The lowest BCUT2D eigenvalue weighted by atomic mass is 9.97. The zero-order valence-electron chi connectivity index (χ0n) is 10.4. The number of anilines is 1. The molecule has 19 heavy (non-hydrogen) atoms. The van der Waals surface area contributed by atoms with E-state index < -0.39 is 5.82 Å². The summed E-state index contributed by atoms with van der Waals surface area (Å²) in [7, 11) is 0. The van der Waals surface area contributed by atoms with Crippen molar-refractivity contribution in [2.75, 3.05) is 5.73 Å². The minimum atomic E-state index is -0.483. The molecule has 1 heterocycles. The first-order chi connectivity index (χ1) is 9.24. The maximum atomic E-state index is 13.7. The number of ether oxygens (including phenoxy) is 1. The third kappa shape index (κ3) is 2.36. The maximum Gasteiger partial charge on any atom is 0.225 e. The molecule has 0 atom stereocenters. The summed E-state index contributed by atoms with van der Waals surface area (Å²) in [6.07, 6.45) is 5.48. The van der Waals surface area contributed by atoms with Crippen LogP contribution in [0.5, 0.6) is 11.6 Å². The molecular weight excluding hydrogens is 245 g/mol. The summed E-state index contributed by atoms with van der Waals surface area (Å²) in [5.41, 5.74) is 7.88. The average Bonchev–Trinajstić information content (AvgIpc) is 2.42. The van der Waals surface area contributed by atoms with Gasteiger partial charge in [0, 0.05) is 17.3 Å². The van der Waals surface area contributed by atoms with E-state index >= 15 is 0 Å². The Balaban J connectivity index is 1.95. The second-order valence-electron chi connectivity index (χ2n) is 4.60. The molecule has 0 saturated carbocycles. The van der Waals surface area contributed by atoms with Gasteiger partial charge in [0.05, 0.1) is 5.69 Å². The van der Waals surface area contributed by atoms with Crippen molar-refractivity contribution in [3.63, 3.8) is 0 Å². The Hall–Kier alpha value is -2.17. The Morgan fingerprint density at radius 2 is 2.00 bits per heavy atom. The van der Waals surface area contributed by atoms with Gasteiger partial charge in [0.1, 0.15) is 6.33 Å². The SMILES string of the molecule is Nc1ccc(Oc2ncnc3c2CCCC3)c(F)c1. The van der Waals surface area contributed by atoms with Gasteiger partial charge < -0.3 is 10.5 Å². The molecular formula is C14H14FN3O. The molecule has 1 aliphatic rings. The highest BCUT2D eigenvalue weighted by Gasteiger charge is 2.17. The molecule has 5 heteroatoms. The molecule has 0 amide bonds. The normalized spacial score (nSPS) is 13.9. The minimum absolute atomic E-state index is 0.140. The van der Waals surface area contributed by atoms with Gasteiger partial charge in [-0.05, 0) is 37.8 Å². The van der Waals surface area contributed by atoms with E-state index in [1.165, 1.54) is 18.5 Å². The van der Waals surface area contributed by atoms with Gasteiger partial charge >= 0.3 is 0 Å². The van der Waals surface area contributed by atoms with E-state index in [-0.39, 0.29) is 5.75 Å². The van der Waals surface area contributed by atoms with Crippen LogP contribution in [0.3, 0.4) is 0 Å². The predicted octanol–water partition coefficient (Wildman–Crippen LogP) is 2.87. The molecule has 0 radical (unpaired) electrons. The molecule has 0 saturated heterocycles. The van der Waals surface area contributed by atoms with Crippen LogP contribution in [-0.2, 0) is 12.8 Å². The largest absolute Gasteiger partial charge is 0.436 e. The third-order valence-electron chi connectivity index (χ3n) is 3.25. The van der Waals surface area contributed by atoms with E-state index in [2.05, 4.69) is 9.97 Å². The number of aromatic nitrogens is 2. The van der Waals surface area contributed by atoms with Crippen molar-refractivity contribution >= 4 is 5.69 Å². The molecule has 1 aromatic carbocycles. The van der Waals surface area contributed by atoms with Gasteiger partial charge in [-0.3, -0.25) is 0 Å². The van der Waals surface area contributed by atoms with Crippen LogP contribution in [-0.4, -0.2) is 9.97 Å². The number of nitrogen functional groups attached to an aromatic ring is 1. The monoisotopic (exact) mass is 259 g/mol. The first kappa shape index (κ1) is 11.9. The summed E-state index contributed by atoms with van der Waals surface area (Å²) in [5.74, 6) is 0.109. The summed E-state index contributed by atoms with van der Waals surface area (Å²) >= 11 is 0. The minimum Gasteiger partial charge on any atom is -0.436 e. The zero-order chi connectivity index (χ0) is 13.2. The summed E-state index contributed by atoms with van der Waals surface area (Å²) in [6.45, 7) is 0. The molecule has 2 aromatic rings. The van der Waals surface area contributed by atoms with Crippen LogP contribution in [0, 0.1) is 5.82 Å². The van der Waals surface area contributed by atoms with Crippen LogP contribution < -0.4 is 10.5 Å². The van der Waals surface area contributed by atoms with Crippen LogP contribution >= 0.6 is 0 Å². The molecule has 0 bridgehead atoms. The van der Waals surface area contributed by atoms with Gasteiger partial charge in [0.2, 0.25) is 5.88 Å². The predicted molar refractivity (Wildman–Crippen MR) is 69.6 cm³/mol. The first-order valence-corrected chi connectivity index (χ1v) is 6.29. The molecule has 98 valence electrons. The van der Waals surface area contributed by atoms with Crippen LogP contribution in [0.15, 0.2) is 24.5 Å². The number of rotatable bonds is 2. The molecule has 1 aliphatic carbocycles. The fourth-order valence-electron chi connectivity index (χ4n) is 2.28. The van der Waals surface area contributed by atoms with E-state index in [9.17, 15) is 4.39 Å². The maximum absolute atomic E-state index is 13.7. The Kier molecular flexibility index (Phi) is 3.03. The molecule has 0 spiro atoms. The lowest BCUT2D eigenvalue weighted by Gasteiger charge is -2.17. The zero-order valence-corrected chi connectivity index (χ0v) is 10.4. The second kappa shape index (κ2) is 4.84. The van der Waals surface area contributed by atoms with Gasteiger partial charge in [-0.2, -0.15) is 0 Å². The summed E-state index contributed by atoms with van der Waals surface area (Å²) in [4.78, 5) is 8.37. The molecule has 1 aromatic heterocycles. The first-order valence-electron chi connectivity index (χ1n) is 6.29. The van der Waals surface area contributed by atoms with Crippen molar-refractivity contribution < 1.29 is 9.13 Å². The van der Waals surface area contributed by atoms with Gasteiger partial charge in [-0.15, -0.1) is 0 Å². The summed E-state index contributed by atoms with van der Waals surface area (Å²) in [6, 6.07) is 4.36. The van der Waals surface area contributed by atoms with Crippen LogP contribution in [0.2, 0.25) is 0 Å². The number of benzene rings is 1. The number of halogens is 1. The van der Waals surface area contributed by atoms with Crippen molar-refractivity contribution in [2.24, 2.45) is 0 Å². The van der Waals surface area contributed by atoms with Crippen molar-refractivity contribution in [1.29, 1.82) is 0 Å². The van der Waals surface area contributed by atoms with E-state index in [0.29, 0.717) is 11.6 Å². The van der Waals surface area contributed by atoms with Gasteiger partial charge in [-0.25, -0.2) is 14.4 Å². The highest BCUT2D eigenvalue weighted by molar-refractivity contribution is 5.44. The lowest BCUT2D eigenvalue weighted by molar-refractivity contribution is 0.416. The Labute approximate surface area is 110 Å². The molecule has 4 nitrogen and oxygen atoms in total. The number of hydrogen-bond donors (Lipinski definition) is 1. The van der Waals surface area contributed by atoms with E-state index in [0.717, 1.165) is 36.9 Å².